The highest BCUT2D eigenvalue weighted by Crippen LogP contribution is 2.21. The molecule has 0 saturated heterocycles. The van der Waals surface area contributed by atoms with Crippen LogP contribution in [0.1, 0.15) is 5.56 Å². The molecule has 2 nitrogen and oxygen atoms in total. The van der Waals surface area contributed by atoms with Gasteiger partial charge >= 0.3 is 0 Å². The molecule has 0 spiro atoms. The SMILES string of the molecule is C[Si](C)(C)C#C[C@@H](O)[C@@H](O)/C=C(\Br)c1ccccc1. The summed E-state index contributed by atoms with van der Waals surface area (Å²) < 4.78 is 0.745. The van der Waals surface area contributed by atoms with Crippen LogP contribution in [-0.4, -0.2) is 30.5 Å². The van der Waals surface area contributed by atoms with Gasteiger partial charge in [0.25, 0.3) is 0 Å². The topological polar surface area (TPSA) is 40.5 Å². The summed E-state index contributed by atoms with van der Waals surface area (Å²) in [5, 5.41) is 19.7. The van der Waals surface area contributed by atoms with Crippen LogP contribution in [0.5, 0.6) is 0 Å². The van der Waals surface area contributed by atoms with Crippen LogP contribution in [-0.2, 0) is 0 Å². The molecule has 0 amide bonds. The Labute approximate surface area is 124 Å². The fourth-order valence-corrected chi connectivity index (χ4v) is 2.43. The van der Waals surface area contributed by atoms with Gasteiger partial charge in [0.05, 0.1) is 0 Å². The molecule has 1 rings (SSSR count). The lowest BCUT2D eigenvalue weighted by Gasteiger charge is -2.11. The summed E-state index contributed by atoms with van der Waals surface area (Å²) in [6, 6.07) is 9.60. The fourth-order valence-electron chi connectivity index (χ4n) is 1.31. The van der Waals surface area contributed by atoms with E-state index in [1.807, 2.05) is 30.3 Å². The van der Waals surface area contributed by atoms with Gasteiger partial charge in [-0.3, -0.25) is 0 Å². The van der Waals surface area contributed by atoms with Crippen LogP contribution in [0.4, 0.5) is 0 Å². The quantitative estimate of drug-likeness (QED) is 0.656. The Bertz CT molecular complexity index is 494. The fraction of sp³-hybridized carbons (Fsp3) is 0.333. The Hall–Kier alpha value is -0.863. The summed E-state index contributed by atoms with van der Waals surface area (Å²) in [5.41, 5.74) is 4.00. The van der Waals surface area contributed by atoms with Crippen LogP contribution in [0.2, 0.25) is 19.6 Å². The largest absolute Gasteiger partial charge is 0.385 e. The lowest BCUT2D eigenvalue weighted by Crippen LogP contribution is -2.24. The monoisotopic (exact) mass is 338 g/mol. The van der Waals surface area contributed by atoms with Crippen LogP contribution in [0.3, 0.4) is 0 Å². The van der Waals surface area contributed by atoms with Gasteiger partial charge in [-0.2, -0.15) is 0 Å². The van der Waals surface area contributed by atoms with E-state index in [0.717, 1.165) is 10.0 Å². The molecular weight excluding hydrogens is 320 g/mol. The van der Waals surface area contributed by atoms with E-state index in [4.69, 9.17) is 0 Å². The lowest BCUT2D eigenvalue weighted by molar-refractivity contribution is 0.0875. The molecule has 0 aliphatic heterocycles. The Morgan fingerprint density at radius 2 is 1.79 bits per heavy atom. The van der Waals surface area contributed by atoms with E-state index < -0.39 is 20.3 Å². The average molecular weight is 339 g/mol. The number of aliphatic hydroxyl groups is 2. The average Bonchev–Trinajstić information content (AvgIpc) is 2.36. The molecule has 1 aromatic rings. The molecule has 4 heteroatoms. The van der Waals surface area contributed by atoms with Crippen molar-refractivity contribution in [1.29, 1.82) is 0 Å². The van der Waals surface area contributed by atoms with Gasteiger partial charge in [-0.15, -0.1) is 5.54 Å². The lowest BCUT2D eigenvalue weighted by atomic mass is 10.1. The maximum atomic E-state index is 9.90. The molecule has 1 aromatic carbocycles. The van der Waals surface area contributed by atoms with Gasteiger partial charge in [-0.05, 0) is 11.6 Å². The van der Waals surface area contributed by atoms with E-state index in [0.29, 0.717) is 0 Å². The van der Waals surface area contributed by atoms with Gasteiger partial charge in [-0.25, -0.2) is 0 Å². The second-order valence-corrected chi connectivity index (χ2v) is 10.9. The third-order valence-electron chi connectivity index (χ3n) is 2.29. The van der Waals surface area contributed by atoms with Crippen LogP contribution < -0.4 is 0 Å². The summed E-state index contributed by atoms with van der Waals surface area (Å²) in [7, 11) is -1.53. The van der Waals surface area contributed by atoms with Gasteiger partial charge < -0.3 is 10.2 Å². The summed E-state index contributed by atoms with van der Waals surface area (Å²) >= 11 is 3.40. The molecule has 19 heavy (non-hydrogen) atoms. The molecule has 102 valence electrons. The first kappa shape index (κ1) is 16.2. The second kappa shape index (κ2) is 7.06. The van der Waals surface area contributed by atoms with E-state index in [-0.39, 0.29) is 0 Å². The number of halogens is 1. The minimum absolute atomic E-state index is 0.745. The van der Waals surface area contributed by atoms with Crippen LogP contribution in [0.15, 0.2) is 36.4 Å². The van der Waals surface area contributed by atoms with Gasteiger partial charge in [-0.1, -0.05) is 71.8 Å². The minimum Gasteiger partial charge on any atom is -0.385 e. The van der Waals surface area contributed by atoms with Crippen molar-refractivity contribution in [1.82, 2.24) is 0 Å². The molecular formula is C15H19BrO2Si. The van der Waals surface area contributed by atoms with Gasteiger partial charge in [0, 0.05) is 4.48 Å². The Balaban J connectivity index is 2.78. The van der Waals surface area contributed by atoms with Crippen LogP contribution in [0, 0.1) is 11.5 Å². The zero-order chi connectivity index (χ0) is 14.5. The highest BCUT2D eigenvalue weighted by Gasteiger charge is 2.14. The van der Waals surface area contributed by atoms with Crippen LogP contribution in [0.25, 0.3) is 4.48 Å². The second-order valence-electron chi connectivity index (χ2n) is 5.34. The van der Waals surface area contributed by atoms with Crippen molar-refractivity contribution in [3.05, 3.63) is 42.0 Å². The Morgan fingerprint density at radius 3 is 2.32 bits per heavy atom. The van der Waals surface area contributed by atoms with Crippen molar-refractivity contribution < 1.29 is 10.2 Å². The van der Waals surface area contributed by atoms with Crippen molar-refractivity contribution in [3.63, 3.8) is 0 Å². The number of hydrogen-bond donors (Lipinski definition) is 2. The third-order valence-corrected chi connectivity index (χ3v) is 3.90. The molecule has 0 aliphatic carbocycles. The number of aliphatic hydroxyl groups excluding tert-OH is 2. The molecule has 0 saturated carbocycles. The number of benzene rings is 1. The zero-order valence-electron chi connectivity index (χ0n) is 11.4. The summed E-state index contributed by atoms with van der Waals surface area (Å²) in [4.78, 5) is 0. The first-order valence-electron chi connectivity index (χ1n) is 6.11. The number of hydrogen-bond acceptors (Lipinski definition) is 2. The van der Waals surface area contributed by atoms with Crippen molar-refractivity contribution >= 4 is 28.5 Å². The molecule has 2 N–H and O–H groups in total. The van der Waals surface area contributed by atoms with Gasteiger partial charge in [0.2, 0.25) is 0 Å². The van der Waals surface area contributed by atoms with E-state index in [2.05, 4.69) is 47.0 Å². The summed E-state index contributed by atoms with van der Waals surface area (Å²) in [6.45, 7) is 6.28. The molecule has 0 bridgehead atoms. The third kappa shape index (κ3) is 6.21. The maximum Gasteiger partial charge on any atom is 0.143 e. The Kier molecular flexibility index (Phi) is 6.02. The predicted molar refractivity (Wildman–Crippen MR) is 86.5 cm³/mol. The summed E-state index contributed by atoms with van der Waals surface area (Å²) in [6.07, 6.45) is -0.486. The van der Waals surface area contributed by atoms with Crippen molar-refractivity contribution in [2.75, 3.05) is 0 Å². The Morgan fingerprint density at radius 1 is 1.21 bits per heavy atom. The molecule has 0 unspecified atom stereocenters. The van der Waals surface area contributed by atoms with Gasteiger partial charge in [0.1, 0.15) is 20.3 Å². The van der Waals surface area contributed by atoms with Crippen LogP contribution >= 0.6 is 15.9 Å². The zero-order valence-corrected chi connectivity index (χ0v) is 14.0. The normalized spacial score (nSPS) is 15.4. The highest BCUT2D eigenvalue weighted by molar-refractivity contribution is 9.15. The van der Waals surface area contributed by atoms with Crippen molar-refractivity contribution in [2.45, 2.75) is 31.8 Å². The molecule has 0 radical (unpaired) electrons. The van der Waals surface area contributed by atoms with Crippen molar-refractivity contribution in [3.8, 4) is 11.5 Å². The smallest absolute Gasteiger partial charge is 0.143 e. The first-order chi connectivity index (χ1) is 8.79. The summed E-state index contributed by atoms with van der Waals surface area (Å²) in [5.74, 6) is 2.73. The maximum absolute atomic E-state index is 9.90. The molecule has 0 heterocycles. The van der Waals surface area contributed by atoms with Gasteiger partial charge in [0.15, 0.2) is 0 Å². The van der Waals surface area contributed by atoms with E-state index in [1.54, 1.807) is 6.08 Å². The van der Waals surface area contributed by atoms with E-state index in [9.17, 15) is 10.2 Å². The molecule has 0 fully saturated rings. The van der Waals surface area contributed by atoms with E-state index >= 15 is 0 Å². The standard InChI is InChI=1S/C15H19BrO2Si/c1-19(2,3)10-9-14(17)15(18)11-13(16)12-7-5-4-6-8-12/h4-8,11,14-15,17-18H,1-3H3/b13-11-/t14-,15+/m1/s1. The van der Waals surface area contributed by atoms with Crippen molar-refractivity contribution in [2.24, 2.45) is 0 Å². The highest BCUT2D eigenvalue weighted by atomic mass is 79.9. The first-order valence-corrected chi connectivity index (χ1v) is 10.4. The minimum atomic E-state index is -1.53. The molecule has 2 atom stereocenters. The molecule has 0 aliphatic rings. The predicted octanol–water partition coefficient (Wildman–Crippen LogP) is 3.03. The number of rotatable bonds is 3. The van der Waals surface area contributed by atoms with E-state index in [1.165, 1.54) is 0 Å². The molecule has 0 aromatic heterocycles.